The van der Waals surface area contributed by atoms with E-state index < -0.39 is 0 Å². The minimum absolute atomic E-state index is 0.115. The van der Waals surface area contributed by atoms with Gasteiger partial charge in [0.25, 0.3) is 0 Å². The van der Waals surface area contributed by atoms with Crippen LogP contribution < -0.4 is 10.6 Å². The summed E-state index contributed by atoms with van der Waals surface area (Å²) in [6.45, 7) is 3.07. The minimum atomic E-state index is -0.351. The highest BCUT2D eigenvalue weighted by Gasteiger charge is 2.39. The number of amides is 1. The molecule has 4 heteroatoms. The number of hydrogen-bond donors (Lipinski definition) is 2. The summed E-state index contributed by atoms with van der Waals surface area (Å²) in [5.41, 5.74) is 0.534. The van der Waals surface area contributed by atoms with Crippen molar-refractivity contribution in [3.63, 3.8) is 0 Å². The van der Waals surface area contributed by atoms with Crippen LogP contribution in [0.2, 0.25) is 0 Å². The number of hydrogen-bond acceptors (Lipinski definition) is 2. The molecule has 1 fully saturated rings. The van der Waals surface area contributed by atoms with Crippen molar-refractivity contribution in [3.8, 4) is 0 Å². The van der Waals surface area contributed by atoms with Crippen molar-refractivity contribution in [1.82, 2.24) is 5.32 Å². The second-order valence-electron chi connectivity index (χ2n) is 4.83. The van der Waals surface area contributed by atoms with E-state index in [-0.39, 0.29) is 11.4 Å². The zero-order chi connectivity index (χ0) is 13.0. The van der Waals surface area contributed by atoms with E-state index in [4.69, 9.17) is 0 Å². The maximum atomic E-state index is 12.5. The summed E-state index contributed by atoms with van der Waals surface area (Å²) in [7, 11) is 0. The predicted molar refractivity (Wildman–Crippen MR) is 82.7 cm³/mol. The molecule has 98 valence electrons. The van der Waals surface area contributed by atoms with Crippen molar-refractivity contribution < 1.29 is 4.79 Å². The minimum Gasteiger partial charge on any atom is -0.324 e. The second kappa shape index (κ2) is 6.02. The average molecular weight is 358 g/mol. The molecule has 1 heterocycles. The summed E-state index contributed by atoms with van der Waals surface area (Å²) >= 11 is 2.25. The smallest absolute Gasteiger partial charge is 0.244 e. The SMILES string of the molecule is CCCC1(C(=O)Nc2cccc(I)c2)CCCN1. The lowest BCUT2D eigenvalue weighted by Gasteiger charge is -2.27. The normalized spacial score (nSPS) is 23.0. The first-order valence-corrected chi connectivity index (χ1v) is 7.56. The van der Waals surface area contributed by atoms with Crippen molar-refractivity contribution in [2.45, 2.75) is 38.1 Å². The van der Waals surface area contributed by atoms with Gasteiger partial charge in [0, 0.05) is 9.26 Å². The molecule has 0 bridgehead atoms. The van der Waals surface area contributed by atoms with Gasteiger partial charge >= 0.3 is 0 Å². The van der Waals surface area contributed by atoms with Crippen LogP contribution in [-0.4, -0.2) is 18.0 Å². The Hall–Kier alpha value is -0.620. The highest BCUT2D eigenvalue weighted by molar-refractivity contribution is 14.1. The first-order chi connectivity index (χ1) is 8.66. The van der Waals surface area contributed by atoms with E-state index in [0.29, 0.717) is 0 Å². The Morgan fingerprint density at radius 1 is 1.56 bits per heavy atom. The van der Waals surface area contributed by atoms with Crippen molar-refractivity contribution in [3.05, 3.63) is 27.8 Å². The fourth-order valence-electron chi connectivity index (χ4n) is 2.57. The lowest BCUT2D eigenvalue weighted by Crippen LogP contribution is -2.50. The largest absolute Gasteiger partial charge is 0.324 e. The molecule has 1 amide bonds. The third-order valence-corrected chi connectivity index (χ3v) is 4.11. The van der Waals surface area contributed by atoms with E-state index in [1.807, 2.05) is 24.3 Å². The van der Waals surface area contributed by atoms with Gasteiger partial charge in [-0.05, 0) is 66.6 Å². The van der Waals surface area contributed by atoms with Gasteiger partial charge in [0.2, 0.25) is 5.91 Å². The number of anilines is 1. The second-order valence-corrected chi connectivity index (χ2v) is 6.07. The summed E-state index contributed by atoms with van der Waals surface area (Å²) in [6.07, 6.45) is 3.95. The Bertz CT molecular complexity index is 428. The van der Waals surface area contributed by atoms with Crippen LogP contribution in [0.4, 0.5) is 5.69 Å². The van der Waals surface area contributed by atoms with Crippen molar-refractivity contribution in [1.29, 1.82) is 0 Å². The molecule has 0 aliphatic carbocycles. The van der Waals surface area contributed by atoms with E-state index in [1.165, 1.54) is 0 Å². The first kappa shape index (κ1) is 13.8. The molecule has 3 nitrogen and oxygen atoms in total. The molecule has 0 aromatic heterocycles. The molecule has 2 N–H and O–H groups in total. The number of carbonyl (C=O) groups excluding carboxylic acids is 1. The van der Waals surface area contributed by atoms with E-state index >= 15 is 0 Å². The summed E-state index contributed by atoms with van der Waals surface area (Å²) < 4.78 is 1.13. The van der Waals surface area contributed by atoms with Crippen LogP contribution in [0.25, 0.3) is 0 Å². The van der Waals surface area contributed by atoms with Crippen LogP contribution in [0, 0.1) is 3.57 Å². The Balaban J connectivity index is 2.10. The van der Waals surface area contributed by atoms with Crippen LogP contribution in [-0.2, 0) is 4.79 Å². The van der Waals surface area contributed by atoms with Gasteiger partial charge in [0.1, 0.15) is 0 Å². The van der Waals surface area contributed by atoms with Crippen molar-refractivity contribution >= 4 is 34.2 Å². The maximum Gasteiger partial charge on any atom is 0.244 e. The number of carbonyl (C=O) groups is 1. The molecule has 18 heavy (non-hydrogen) atoms. The van der Waals surface area contributed by atoms with Gasteiger partial charge in [-0.2, -0.15) is 0 Å². The topological polar surface area (TPSA) is 41.1 Å². The van der Waals surface area contributed by atoms with Gasteiger partial charge in [-0.3, -0.25) is 4.79 Å². The van der Waals surface area contributed by atoms with E-state index in [2.05, 4.69) is 40.1 Å². The molecule has 1 aromatic rings. The summed E-state index contributed by atoms with van der Waals surface area (Å²) in [6, 6.07) is 7.92. The molecule has 1 aliphatic rings. The van der Waals surface area contributed by atoms with Crippen LogP contribution in [0.3, 0.4) is 0 Å². The van der Waals surface area contributed by atoms with Crippen LogP contribution in [0.5, 0.6) is 0 Å². The van der Waals surface area contributed by atoms with Gasteiger partial charge in [0.05, 0.1) is 5.54 Å². The molecule has 0 saturated carbocycles. The van der Waals surface area contributed by atoms with Gasteiger partial charge in [-0.1, -0.05) is 19.4 Å². The first-order valence-electron chi connectivity index (χ1n) is 6.48. The molecule has 2 rings (SSSR count). The van der Waals surface area contributed by atoms with E-state index in [1.54, 1.807) is 0 Å². The molecular formula is C14H19IN2O. The van der Waals surface area contributed by atoms with Crippen LogP contribution in [0.15, 0.2) is 24.3 Å². The lowest BCUT2D eigenvalue weighted by molar-refractivity contribution is -0.122. The van der Waals surface area contributed by atoms with Crippen LogP contribution in [0.1, 0.15) is 32.6 Å². The lowest BCUT2D eigenvalue weighted by atomic mass is 9.91. The third-order valence-electron chi connectivity index (χ3n) is 3.44. The van der Waals surface area contributed by atoms with E-state index in [9.17, 15) is 4.79 Å². The summed E-state index contributed by atoms with van der Waals surface area (Å²) in [5, 5.41) is 6.44. The van der Waals surface area contributed by atoms with Gasteiger partial charge in [0.15, 0.2) is 0 Å². The monoisotopic (exact) mass is 358 g/mol. The third kappa shape index (κ3) is 3.03. The molecule has 0 spiro atoms. The Labute approximate surface area is 122 Å². The maximum absolute atomic E-state index is 12.5. The molecular weight excluding hydrogens is 339 g/mol. The Kier molecular flexibility index (Phi) is 4.61. The molecule has 1 saturated heterocycles. The Morgan fingerprint density at radius 2 is 2.39 bits per heavy atom. The van der Waals surface area contributed by atoms with Gasteiger partial charge in [-0.25, -0.2) is 0 Å². The number of benzene rings is 1. The average Bonchev–Trinajstić information content (AvgIpc) is 2.79. The quantitative estimate of drug-likeness (QED) is 0.812. The molecule has 1 aromatic carbocycles. The van der Waals surface area contributed by atoms with E-state index in [0.717, 1.165) is 41.5 Å². The summed E-state index contributed by atoms with van der Waals surface area (Å²) in [4.78, 5) is 12.5. The molecule has 0 radical (unpaired) electrons. The van der Waals surface area contributed by atoms with Gasteiger partial charge < -0.3 is 10.6 Å². The Morgan fingerprint density at radius 3 is 3.00 bits per heavy atom. The van der Waals surface area contributed by atoms with Crippen molar-refractivity contribution in [2.24, 2.45) is 0 Å². The van der Waals surface area contributed by atoms with Crippen molar-refractivity contribution in [2.75, 3.05) is 11.9 Å². The fourth-order valence-corrected chi connectivity index (χ4v) is 3.11. The summed E-state index contributed by atoms with van der Waals surface area (Å²) in [5.74, 6) is 0.115. The highest BCUT2D eigenvalue weighted by Crippen LogP contribution is 2.26. The number of halogens is 1. The van der Waals surface area contributed by atoms with Gasteiger partial charge in [-0.15, -0.1) is 0 Å². The molecule has 1 atom stereocenters. The molecule has 1 unspecified atom stereocenters. The number of rotatable bonds is 4. The zero-order valence-electron chi connectivity index (χ0n) is 10.6. The zero-order valence-corrected chi connectivity index (χ0v) is 12.8. The molecule has 1 aliphatic heterocycles. The standard InChI is InChI=1S/C14H19IN2O/c1-2-7-14(8-4-9-16-14)13(18)17-12-6-3-5-11(15)10-12/h3,5-6,10,16H,2,4,7-9H2,1H3,(H,17,18). The predicted octanol–water partition coefficient (Wildman–Crippen LogP) is 3.15. The number of nitrogens with one attached hydrogen (secondary N) is 2. The van der Waals surface area contributed by atoms with Crippen LogP contribution >= 0.6 is 22.6 Å². The fraction of sp³-hybridized carbons (Fsp3) is 0.500. The highest BCUT2D eigenvalue weighted by atomic mass is 127.